The van der Waals surface area contributed by atoms with Crippen LogP contribution in [0, 0.1) is 5.92 Å². The van der Waals surface area contributed by atoms with Gasteiger partial charge >= 0.3 is 0 Å². The predicted molar refractivity (Wildman–Crippen MR) is 94.4 cm³/mol. The fourth-order valence-electron chi connectivity index (χ4n) is 2.29. The average Bonchev–Trinajstić information content (AvgIpc) is 2.93. The minimum absolute atomic E-state index is 0.639. The van der Waals surface area contributed by atoms with E-state index in [2.05, 4.69) is 54.7 Å². The molecular weight excluding hydrogens is 300 g/mol. The molecule has 0 saturated carbocycles. The minimum atomic E-state index is 0.639. The predicted octanol–water partition coefficient (Wildman–Crippen LogP) is 4.78. The van der Waals surface area contributed by atoms with Crippen molar-refractivity contribution in [2.75, 3.05) is 18.5 Å². The maximum Gasteiger partial charge on any atom is 0.0519 e. The average molecular weight is 323 g/mol. The van der Waals surface area contributed by atoms with Gasteiger partial charge in [-0.25, -0.2) is 0 Å². The second-order valence-corrected chi connectivity index (χ2v) is 7.14. The fourth-order valence-corrected chi connectivity index (χ4v) is 3.28. The Morgan fingerprint density at radius 2 is 2.05 bits per heavy atom. The summed E-state index contributed by atoms with van der Waals surface area (Å²) in [6, 6.07) is 10.4. The van der Waals surface area contributed by atoms with Gasteiger partial charge in [0.25, 0.3) is 0 Å². The van der Waals surface area contributed by atoms with Crippen LogP contribution in [-0.2, 0) is 13.1 Å². The maximum atomic E-state index is 6.41. The number of hydrogen-bond donors (Lipinski definition) is 1. The summed E-state index contributed by atoms with van der Waals surface area (Å²) in [6.07, 6.45) is 0. The molecule has 0 aliphatic rings. The topological polar surface area (TPSA) is 15.3 Å². The van der Waals surface area contributed by atoms with E-state index in [1.807, 2.05) is 12.1 Å². The first-order valence-corrected chi connectivity index (χ1v) is 8.55. The molecule has 1 aromatic carbocycles. The standard InChI is InChI=1S/C17H23ClN2S/c1-13(2)10-19-11-15-16(18)7-4-8-17(15)20(3)12-14-6-5-9-21-14/h4-9,13,19H,10-12H2,1-3H3. The third-order valence-corrected chi connectivity index (χ3v) is 4.55. The Labute approximate surface area is 136 Å². The van der Waals surface area contributed by atoms with Gasteiger partial charge in [0.1, 0.15) is 0 Å². The lowest BCUT2D eigenvalue weighted by molar-refractivity contribution is 0.552. The van der Waals surface area contributed by atoms with E-state index in [0.29, 0.717) is 5.92 Å². The molecule has 1 aromatic heterocycles. The van der Waals surface area contributed by atoms with Gasteiger partial charge in [0.15, 0.2) is 0 Å². The molecule has 0 aliphatic carbocycles. The lowest BCUT2D eigenvalue weighted by Gasteiger charge is -2.23. The largest absolute Gasteiger partial charge is 0.369 e. The van der Waals surface area contributed by atoms with Gasteiger partial charge in [-0.2, -0.15) is 0 Å². The smallest absolute Gasteiger partial charge is 0.0519 e. The summed E-state index contributed by atoms with van der Waals surface area (Å²) >= 11 is 8.19. The fraction of sp³-hybridized carbons (Fsp3) is 0.412. The zero-order valence-electron chi connectivity index (χ0n) is 12.9. The van der Waals surface area contributed by atoms with Crippen molar-refractivity contribution >= 4 is 28.6 Å². The van der Waals surface area contributed by atoms with Gasteiger partial charge in [-0.3, -0.25) is 0 Å². The molecule has 0 atom stereocenters. The van der Waals surface area contributed by atoms with Gasteiger partial charge < -0.3 is 10.2 Å². The maximum absolute atomic E-state index is 6.41. The molecule has 114 valence electrons. The van der Waals surface area contributed by atoms with Gasteiger partial charge in [-0.05, 0) is 36.0 Å². The third kappa shape index (κ3) is 4.73. The Balaban J connectivity index is 2.12. The summed E-state index contributed by atoms with van der Waals surface area (Å²) in [4.78, 5) is 3.63. The van der Waals surface area contributed by atoms with Crippen LogP contribution in [0.3, 0.4) is 0 Å². The van der Waals surface area contributed by atoms with Crippen molar-refractivity contribution in [2.45, 2.75) is 26.9 Å². The Morgan fingerprint density at radius 3 is 2.71 bits per heavy atom. The number of anilines is 1. The molecular formula is C17H23ClN2S. The Morgan fingerprint density at radius 1 is 1.24 bits per heavy atom. The van der Waals surface area contributed by atoms with Gasteiger partial charge in [-0.1, -0.05) is 37.6 Å². The van der Waals surface area contributed by atoms with Gasteiger partial charge in [0.05, 0.1) is 6.54 Å². The number of nitrogens with one attached hydrogen (secondary N) is 1. The first-order chi connectivity index (χ1) is 10.1. The quantitative estimate of drug-likeness (QED) is 0.789. The van der Waals surface area contributed by atoms with Crippen molar-refractivity contribution in [3.05, 3.63) is 51.2 Å². The van der Waals surface area contributed by atoms with Crippen molar-refractivity contribution in [1.82, 2.24) is 5.32 Å². The number of hydrogen-bond acceptors (Lipinski definition) is 3. The summed E-state index contributed by atoms with van der Waals surface area (Å²) in [7, 11) is 2.12. The number of thiophene rings is 1. The zero-order chi connectivity index (χ0) is 15.2. The number of benzene rings is 1. The molecule has 2 nitrogen and oxygen atoms in total. The zero-order valence-corrected chi connectivity index (χ0v) is 14.5. The summed E-state index contributed by atoms with van der Waals surface area (Å²) < 4.78 is 0. The Hall–Kier alpha value is -1.03. The molecule has 4 heteroatoms. The van der Waals surface area contributed by atoms with Crippen LogP contribution in [-0.4, -0.2) is 13.6 Å². The van der Waals surface area contributed by atoms with E-state index >= 15 is 0 Å². The van der Waals surface area contributed by atoms with Crippen molar-refractivity contribution in [3.8, 4) is 0 Å². The summed E-state index contributed by atoms with van der Waals surface area (Å²) in [6.45, 7) is 7.14. The minimum Gasteiger partial charge on any atom is -0.369 e. The molecule has 0 amide bonds. The van der Waals surface area contributed by atoms with E-state index in [9.17, 15) is 0 Å². The van der Waals surface area contributed by atoms with Crippen LogP contribution in [0.4, 0.5) is 5.69 Å². The van der Waals surface area contributed by atoms with Crippen molar-refractivity contribution < 1.29 is 0 Å². The van der Waals surface area contributed by atoms with Gasteiger partial charge in [-0.15, -0.1) is 11.3 Å². The second kappa shape index (κ2) is 7.83. The second-order valence-electron chi connectivity index (χ2n) is 5.70. The molecule has 2 aromatic rings. The van der Waals surface area contributed by atoms with Crippen LogP contribution in [0.5, 0.6) is 0 Å². The van der Waals surface area contributed by atoms with Crippen LogP contribution >= 0.6 is 22.9 Å². The molecule has 0 bridgehead atoms. The molecule has 0 fully saturated rings. The van der Waals surface area contributed by atoms with Gasteiger partial charge in [0, 0.05) is 34.7 Å². The molecule has 2 rings (SSSR count). The van der Waals surface area contributed by atoms with Crippen LogP contribution in [0.25, 0.3) is 0 Å². The van der Waals surface area contributed by atoms with E-state index in [1.165, 1.54) is 16.1 Å². The van der Waals surface area contributed by atoms with E-state index in [1.54, 1.807) is 11.3 Å². The summed E-state index contributed by atoms with van der Waals surface area (Å²) in [5.41, 5.74) is 2.38. The summed E-state index contributed by atoms with van der Waals surface area (Å²) in [5.74, 6) is 0.639. The van der Waals surface area contributed by atoms with Crippen LogP contribution in [0.1, 0.15) is 24.3 Å². The third-order valence-electron chi connectivity index (χ3n) is 3.33. The number of rotatable bonds is 7. The van der Waals surface area contributed by atoms with Crippen LogP contribution in [0.2, 0.25) is 5.02 Å². The highest BCUT2D eigenvalue weighted by molar-refractivity contribution is 7.09. The Bertz CT molecular complexity index is 552. The van der Waals surface area contributed by atoms with E-state index in [4.69, 9.17) is 11.6 Å². The number of nitrogens with zero attached hydrogens (tertiary/aromatic N) is 1. The summed E-state index contributed by atoms with van der Waals surface area (Å²) in [5, 5.41) is 6.44. The first-order valence-electron chi connectivity index (χ1n) is 7.29. The first kappa shape index (κ1) is 16.3. The van der Waals surface area contributed by atoms with Crippen molar-refractivity contribution in [3.63, 3.8) is 0 Å². The highest BCUT2D eigenvalue weighted by atomic mass is 35.5. The SMILES string of the molecule is CC(C)CNCc1c(Cl)cccc1N(C)Cc1cccs1. The van der Waals surface area contributed by atoms with Crippen molar-refractivity contribution in [1.29, 1.82) is 0 Å². The molecule has 1 N–H and O–H groups in total. The normalized spacial score (nSPS) is 11.1. The molecule has 0 unspecified atom stereocenters. The lowest BCUT2D eigenvalue weighted by atomic mass is 10.1. The van der Waals surface area contributed by atoms with E-state index in [0.717, 1.165) is 24.7 Å². The van der Waals surface area contributed by atoms with Crippen LogP contribution in [0.15, 0.2) is 35.7 Å². The highest BCUT2D eigenvalue weighted by Gasteiger charge is 2.11. The van der Waals surface area contributed by atoms with Gasteiger partial charge in [0.2, 0.25) is 0 Å². The van der Waals surface area contributed by atoms with E-state index < -0.39 is 0 Å². The van der Waals surface area contributed by atoms with E-state index in [-0.39, 0.29) is 0 Å². The monoisotopic (exact) mass is 322 g/mol. The molecule has 0 aliphatic heterocycles. The molecule has 0 spiro atoms. The molecule has 0 saturated heterocycles. The Kier molecular flexibility index (Phi) is 6.09. The van der Waals surface area contributed by atoms with Crippen molar-refractivity contribution in [2.24, 2.45) is 5.92 Å². The highest BCUT2D eigenvalue weighted by Crippen LogP contribution is 2.28. The molecule has 21 heavy (non-hydrogen) atoms. The number of halogens is 1. The molecule has 1 heterocycles. The lowest BCUT2D eigenvalue weighted by Crippen LogP contribution is -2.23. The molecule has 0 radical (unpaired) electrons. The van der Waals surface area contributed by atoms with Crippen LogP contribution < -0.4 is 10.2 Å².